The van der Waals surface area contributed by atoms with Gasteiger partial charge in [-0.2, -0.15) is 0 Å². The molecule has 6 heteroatoms. The van der Waals surface area contributed by atoms with E-state index >= 15 is 0 Å². The van der Waals surface area contributed by atoms with Crippen LogP contribution in [0.2, 0.25) is 0 Å². The number of nitrogens with two attached hydrogens (primary N) is 2. The second kappa shape index (κ2) is 6.15. The molecule has 0 aromatic carbocycles. The monoisotopic (exact) mass is 147 g/mol. The Morgan fingerprint density at radius 2 is 2.12 bits per heavy atom. The van der Waals surface area contributed by atoms with Gasteiger partial charge in [0.1, 0.15) is 0 Å². The second-order valence-electron chi connectivity index (χ2n) is 1.13. The van der Waals surface area contributed by atoms with Gasteiger partial charge >= 0.3 is 29.6 Å². The van der Waals surface area contributed by atoms with Crippen LogP contribution in [0, 0.1) is 0 Å². The van der Waals surface area contributed by atoms with Crippen LogP contribution in [0.5, 0.6) is 0 Å². The largest absolute Gasteiger partial charge is 1.00 e. The van der Waals surface area contributed by atoms with E-state index in [4.69, 9.17) is 11.5 Å². The van der Waals surface area contributed by atoms with E-state index in [1.54, 1.807) is 0 Å². The van der Waals surface area contributed by atoms with Gasteiger partial charge in [0.25, 0.3) is 0 Å². The Morgan fingerprint density at radius 3 is 2.12 bits per heavy atom. The molecule has 1 unspecified atom stereocenters. The summed E-state index contributed by atoms with van der Waals surface area (Å²) in [6.07, 6.45) is -0.738. The number of hydrogen-bond donors (Lipinski definition) is 2. The third kappa shape index (κ3) is 10.1. The zero-order valence-electron chi connectivity index (χ0n) is 5.66. The Morgan fingerprint density at radius 1 is 1.75 bits per heavy atom. The predicted molar refractivity (Wildman–Crippen MR) is 27.1 cm³/mol. The molecule has 0 aliphatic carbocycles. The molecule has 0 saturated heterocycles. The fourth-order valence-electron chi connectivity index (χ4n) is 0.157. The average Bonchev–Trinajstić information content (AvgIpc) is 1.27. The molecule has 0 aliphatic heterocycles. The molecule has 0 fully saturated rings. The maximum absolute atomic E-state index is 9.65. The summed E-state index contributed by atoms with van der Waals surface area (Å²) in [5, 5.41) is 0. The van der Waals surface area contributed by atoms with Crippen LogP contribution < -0.4 is 41.0 Å². The summed E-state index contributed by atoms with van der Waals surface area (Å²) in [5.74, 6) is -0.167. The van der Waals surface area contributed by atoms with Gasteiger partial charge in [0, 0.05) is 5.75 Å². The first-order valence-electron chi connectivity index (χ1n) is 1.70. The van der Waals surface area contributed by atoms with Gasteiger partial charge in [-0.25, -0.2) is 0 Å². The van der Waals surface area contributed by atoms with Crippen LogP contribution in [-0.2, 0) is 11.1 Å². The minimum Gasteiger partial charge on any atom is -1.00 e. The molecular weight excluding hydrogens is 139 g/mol. The zero-order chi connectivity index (χ0) is 5.86. The molecule has 0 bridgehead atoms. The third-order valence-corrected chi connectivity index (χ3v) is 0.986. The first kappa shape index (κ1) is 11.8. The van der Waals surface area contributed by atoms with Crippen molar-refractivity contribution in [3.63, 3.8) is 0 Å². The average molecular weight is 147 g/mol. The van der Waals surface area contributed by atoms with Gasteiger partial charge in [-0.1, -0.05) is 11.1 Å². The SMILES string of the molecule is NC(N)CS(=O)[O-].[H-].[Na+]. The van der Waals surface area contributed by atoms with Crippen LogP contribution in [-0.4, -0.2) is 20.7 Å². The summed E-state index contributed by atoms with van der Waals surface area (Å²) >= 11 is -2.10. The van der Waals surface area contributed by atoms with Crippen molar-refractivity contribution in [3.05, 3.63) is 0 Å². The minimum atomic E-state index is -2.10. The molecule has 0 spiro atoms. The Hall–Kier alpha value is 1.03. The van der Waals surface area contributed by atoms with Gasteiger partial charge in [0.2, 0.25) is 0 Å². The van der Waals surface area contributed by atoms with Crippen molar-refractivity contribution in [2.75, 3.05) is 5.75 Å². The van der Waals surface area contributed by atoms with Gasteiger partial charge in [0.15, 0.2) is 0 Å². The van der Waals surface area contributed by atoms with Gasteiger partial charge in [-0.15, -0.1) is 0 Å². The molecule has 8 heavy (non-hydrogen) atoms. The summed E-state index contributed by atoms with van der Waals surface area (Å²) in [6, 6.07) is 0. The summed E-state index contributed by atoms with van der Waals surface area (Å²) in [6.45, 7) is 0. The summed E-state index contributed by atoms with van der Waals surface area (Å²) < 4.78 is 19.3. The molecule has 46 valence electrons. The van der Waals surface area contributed by atoms with Gasteiger partial charge in [-0.05, 0) is 0 Å². The Balaban J connectivity index is -0.000000180. The Kier molecular flexibility index (Phi) is 9.06. The van der Waals surface area contributed by atoms with Crippen LogP contribution in [0.4, 0.5) is 0 Å². The fourth-order valence-corrected chi connectivity index (χ4v) is 0.471. The van der Waals surface area contributed by atoms with Crippen LogP contribution >= 0.6 is 0 Å². The van der Waals surface area contributed by atoms with Crippen molar-refractivity contribution < 1.29 is 39.7 Å². The maximum Gasteiger partial charge on any atom is 1.00 e. The van der Waals surface area contributed by atoms with E-state index < -0.39 is 17.2 Å². The van der Waals surface area contributed by atoms with Crippen molar-refractivity contribution in [2.24, 2.45) is 11.5 Å². The van der Waals surface area contributed by atoms with E-state index in [0.717, 1.165) is 0 Å². The molecule has 0 amide bonds. The van der Waals surface area contributed by atoms with Gasteiger partial charge in [0.05, 0.1) is 6.17 Å². The number of hydrogen-bond acceptors (Lipinski definition) is 4. The Bertz CT molecular complexity index is 83.0. The second-order valence-corrected chi connectivity index (χ2v) is 2.08. The molecule has 4 N–H and O–H groups in total. The van der Waals surface area contributed by atoms with Crippen molar-refractivity contribution in [3.8, 4) is 0 Å². The Labute approximate surface area is 74.1 Å². The normalized spacial score (nSPS) is 13.0. The topological polar surface area (TPSA) is 92.2 Å². The first-order chi connectivity index (χ1) is 3.13. The smallest absolute Gasteiger partial charge is 1.00 e. The van der Waals surface area contributed by atoms with Gasteiger partial charge in [-0.3, -0.25) is 4.21 Å². The zero-order valence-corrected chi connectivity index (χ0v) is 7.48. The molecule has 1 atom stereocenters. The molecule has 0 radical (unpaired) electrons. The molecule has 0 aromatic rings. The van der Waals surface area contributed by atoms with E-state index in [-0.39, 0.29) is 36.7 Å². The van der Waals surface area contributed by atoms with Crippen LogP contribution in [0.1, 0.15) is 1.43 Å². The molecule has 4 nitrogen and oxygen atoms in total. The summed E-state index contributed by atoms with van der Waals surface area (Å²) in [7, 11) is 0. The van der Waals surface area contributed by atoms with Crippen LogP contribution in [0.15, 0.2) is 0 Å². The maximum atomic E-state index is 9.65. The first-order valence-corrected chi connectivity index (χ1v) is 2.94. The molecule has 0 heterocycles. The van der Waals surface area contributed by atoms with Crippen LogP contribution in [0.3, 0.4) is 0 Å². The third-order valence-electron chi connectivity index (χ3n) is 0.329. The summed E-state index contributed by atoms with van der Waals surface area (Å²) in [4.78, 5) is 0. The van der Waals surface area contributed by atoms with Crippen molar-refractivity contribution >= 4 is 11.1 Å². The molecule has 0 rings (SSSR count). The predicted octanol–water partition coefficient (Wildman–Crippen LogP) is -4.77. The molecule has 0 saturated carbocycles. The van der Waals surface area contributed by atoms with Gasteiger partial charge < -0.3 is 17.4 Å². The standard InChI is InChI=1S/C2H8N2O2S.Na.H/c3-2(4)1-7(5)6;;/h2H,1,3-4H2,(H,5,6);;/q;+1;-1/p-1. The van der Waals surface area contributed by atoms with Crippen molar-refractivity contribution in [1.29, 1.82) is 0 Å². The van der Waals surface area contributed by atoms with E-state index in [1.165, 1.54) is 0 Å². The van der Waals surface area contributed by atoms with Crippen molar-refractivity contribution in [1.82, 2.24) is 0 Å². The quantitative estimate of drug-likeness (QED) is 0.233. The van der Waals surface area contributed by atoms with Crippen molar-refractivity contribution in [2.45, 2.75) is 6.17 Å². The van der Waals surface area contributed by atoms with E-state index in [9.17, 15) is 8.76 Å². The molecule has 0 aromatic heterocycles. The van der Waals surface area contributed by atoms with E-state index in [2.05, 4.69) is 0 Å². The van der Waals surface area contributed by atoms with E-state index in [0.29, 0.717) is 0 Å². The fraction of sp³-hybridized carbons (Fsp3) is 1.00. The minimum absolute atomic E-state index is 0. The van der Waals surface area contributed by atoms with Crippen LogP contribution in [0.25, 0.3) is 0 Å². The number of rotatable bonds is 2. The molecular formula is C2H8N2NaO2S-. The molecule has 0 aliphatic rings. The summed E-state index contributed by atoms with van der Waals surface area (Å²) in [5.41, 5.74) is 9.76. The van der Waals surface area contributed by atoms with E-state index in [1.807, 2.05) is 0 Å².